The van der Waals surface area contributed by atoms with Crippen LogP contribution in [0.3, 0.4) is 0 Å². The first kappa shape index (κ1) is 17.7. The maximum absolute atomic E-state index is 12.2. The molecule has 0 spiro atoms. The molecule has 0 radical (unpaired) electrons. The number of nitrogens with zero attached hydrogens (tertiary/aromatic N) is 1. The number of likely N-dealkylation sites (tertiary alicyclic amines) is 1. The molecule has 1 aliphatic rings. The summed E-state index contributed by atoms with van der Waals surface area (Å²) in [6, 6.07) is -0.237. The largest absolute Gasteiger partial charge is 0.481 e. The van der Waals surface area contributed by atoms with Crippen LogP contribution in [0.2, 0.25) is 0 Å². The van der Waals surface area contributed by atoms with Gasteiger partial charge in [0.2, 0.25) is 0 Å². The molecule has 0 aromatic rings. The van der Waals surface area contributed by atoms with Gasteiger partial charge in [-0.3, -0.25) is 9.59 Å². The Morgan fingerprint density at radius 1 is 1.38 bits per heavy atom. The van der Waals surface area contributed by atoms with E-state index in [0.29, 0.717) is 19.4 Å². The maximum atomic E-state index is 12.2. The molecule has 1 N–H and O–H groups in total. The van der Waals surface area contributed by atoms with Crippen molar-refractivity contribution < 1.29 is 32.6 Å². The molecule has 0 saturated carbocycles. The third kappa shape index (κ3) is 6.33. The Hall–Kier alpha value is -1.31. The molecule has 0 aromatic heterocycles. The molecule has 1 fully saturated rings. The van der Waals surface area contributed by atoms with E-state index in [-0.39, 0.29) is 12.5 Å². The van der Waals surface area contributed by atoms with Crippen molar-refractivity contribution in [3.8, 4) is 0 Å². The SMILES string of the molecule is C[C@H](OCC(F)(F)F)C(=O)N1CCCC[C@H]1CCC(=O)O. The zero-order valence-corrected chi connectivity index (χ0v) is 11.9. The smallest absolute Gasteiger partial charge is 0.411 e. The Bertz CT molecular complexity index is 373. The summed E-state index contributed by atoms with van der Waals surface area (Å²) in [6.45, 7) is 0.257. The third-order valence-corrected chi connectivity index (χ3v) is 3.45. The summed E-state index contributed by atoms with van der Waals surface area (Å²) in [5.41, 5.74) is 0. The van der Waals surface area contributed by atoms with E-state index >= 15 is 0 Å². The lowest BCUT2D eigenvalue weighted by molar-refractivity contribution is -0.189. The zero-order valence-electron chi connectivity index (χ0n) is 11.9. The van der Waals surface area contributed by atoms with Crippen molar-refractivity contribution in [1.82, 2.24) is 4.90 Å². The van der Waals surface area contributed by atoms with Gasteiger partial charge in [0.25, 0.3) is 5.91 Å². The van der Waals surface area contributed by atoms with Crippen molar-refractivity contribution in [1.29, 1.82) is 0 Å². The van der Waals surface area contributed by atoms with E-state index in [1.165, 1.54) is 11.8 Å². The molecule has 1 saturated heterocycles. The van der Waals surface area contributed by atoms with E-state index in [0.717, 1.165) is 12.8 Å². The molecule has 1 amide bonds. The van der Waals surface area contributed by atoms with Crippen LogP contribution in [0.5, 0.6) is 0 Å². The van der Waals surface area contributed by atoms with Crippen molar-refractivity contribution in [2.24, 2.45) is 0 Å². The molecule has 8 heteroatoms. The van der Waals surface area contributed by atoms with Gasteiger partial charge in [0.1, 0.15) is 12.7 Å². The van der Waals surface area contributed by atoms with Crippen LogP contribution in [0.25, 0.3) is 0 Å². The molecular formula is C13H20F3NO4. The number of carboxylic acid groups (broad SMARTS) is 1. The second-order valence-corrected chi connectivity index (χ2v) is 5.18. The number of carboxylic acids is 1. The van der Waals surface area contributed by atoms with Gasteiger partial charge in [0, 0.05) is 19.0 Å². The lowest BCUT2D eigenvalue weighted by atomic mass is 9.97. The Morgan fingerprint density at radius 2 is 2.05 bits per heavy atom. The van der Waals surface area contributed by atoms with E-state index in [1.807, 2.05) is 0 Å². The van der Waals surface area contributed by atoms with Gasteiger partial charge in [0.05, 0.1) is 0 Å². The molecule has 0 bridgehead atoms. The van der Waals surface area contributed by atoms with Gasteiger partial charge in [-0.25, -0.2) is 0 Å². The fraction of sp³-hybridized carbons (Fsp3) is 0.846. The molecule has 0 aromatic carbocycles. The molecule has 1 aliphatic heterocycles. The first-order chi connectivity index (χ1) is 9.70. The molecule has 0 aliphatic carbocycles. The Morgan fingerprint density at radius 3 is 2.62 bits per heavy atom. The lowest BCUT2D eigenvalue weighted by Crippen LogP contribution is -2.48. The van der Waals surface area contributed by atoms with E-state index in [2.05, 4.69) is 4.74 Å². The van der Waals surface area contributed by atoms with Gasteiger partial charge in [-0.1, -0.05) is 0 Å². The summed E-state index contributed by atoms with van der Waals surface area (Å²) in [5, 5.41) is 8.70. The van der Waals surface area contributed by atoms with Gasteiger partial charge in [-0.15, -0.1) is 0 Å². The average molecular weight is 311 g/mol. The minimum absolute atomic E-state index is 0.0633. The molecule has 0 unspecified atom stereocenters. The van der Waals surface area contributed by atoms with E-state index < -0.39 is 30.8 Å². The van der Waals surface area contributed by atoms with Gasteiger partial charge in [0.15, 0.2) is 0 Å². The number of halogens is 3. The highest BCUT2D eigenvalue weighted by atomic mass is 19.4. The highest BCUT2D eigenvalue weighted by Gasteiger charge is 2.33. The zero-order chi connectivity index (χ0) is 16.0. The third-order valence-electron chi connectivity index (χ3n) is 3.45. The summed E-state index contributed by atoms with van der Waals surface area (Å²) in [4.78, 5) is 24.2. The molecule has 21 heavy (non-hydrogen) atoms. The predicted octanol–water partition coefficient (Wildman–Crippen LogP) is 2.20. The summed E-state index contributed by atoms with van der Waals surface area (Å²) >= 11 is 0. The van der Waals surface area contributed by atoms with Crippen molar-refractivity contribution in [2.45, 2.75) is 57.3 Å². The number of ether oxygens (including phenoxy) is 1. The van der Waals surface area contributed by atoms with Crippen LogP contribution in [0.15, 0.2) is 0 Å². The molecule has 1 rings (SSSR count). The van der Waals surface area contributed by atoms with Gasteiger partial charge < -0.3 is 14.7 Å². The Labute approximate surface area is 121 Å². The number of rotatable bonds is 6. The van der Waals surface area contributed by atoms with Crippen LogP contribution in [0.1, 0.15) is 39.0 Å². The Balaban J connectivity index is 2.57. The lowest BCUT2D eigenvalue weighted by Gasteiger charge is -2.37. The van der Waals surface area contributed by atoms with Crippen LogP contribution < -0.4 is 0 Å². The second kappa shape index (κ2) is 7.63. The van der Waals surface area contributed by atoms with Crippen LogP contribution in [-0.2, 0) is 14.3 Å². The predicted molar refractivity (Wildman–Crippen MR) is 67.7 cm³/mol. The molecular weight excluding hydrogens is 291 g/mol. The number of hydrogen-bond donors (Lipinski definition) is 1. The number of amides is 1. The maximum Gasteiger partial charge on any atom is 0.411 e. The highest BCUT2D eigenvalue weighted by molar-refractivity contribution is 5.81. The van der Waals surface area contributed by atoms with Gasteiger partial charge in [-0.05, 0) is 32.6 Å². The number of alkyl halides is 3. The van der Waals surface area contributed by atoms with E-state index in [9.17, 15) is 22.8 Å². The van der Waals surface area contributed by atoms with E-state index in [1.54, 1.807) is 0 Å². The van der Waals surface area contributed by atoms with E-state index in [4.69, 9.17) is 5.11 Å². The number of carbonyl (C=O) groups is 2. The number of carbonyl (C=O) groups excluding carboxylic acids is 1. The monoisotopic (exact) mass is 311 g/mol. The van der Waals surface area contributed by atoms with Crippen LogP contribution >= 0.6 is 0 Å². The van der Waals surface area contributed by atoms with Gasteiger partial charge >= 0.3 is 12.1 Å². The average Bonchev–Trinajstić information content (AvgIpc) is 2.41. The minimum Gasteiger partial charge on any atom is -0.481 e. The molecule has 2 atom stereocenters. The normalized spacial score (nSPS) is 21.1. The Kier molecular flexibility index (Phi) is 6.44. The summed E-state index contributed by atoms with van der Waals surface area (Å²) < 4.78 is 40.8. The molecule has 5 nitrogen and oxygen atoms in total. The first-order valence-electron chi connectivity index (χ1n) is 6.91. The number of aliphatic carboxylic acids is 1. The summed E-state index contributed by atoms with van der Waals surface area (Å²) in [6.07, 6.45) is -3.09. The van der Waals surface area contributed by atoms with Crippen LogP contribution in [0.4, 0.5) is 13.2 Å². The summed E-state index contributed by atoms with van der Waals surface area (Å²) in [7, 11) is 0. The van der Waals surface area contributed by atoms with Crippen molar-refractivity contribution in [3.05, 3.63) is 0 Å². The minimum atomic E-state index is -4.47. The van der Waals surface area contributed by atoms with Gasteiger partial charge in [-0.2, -0.15) is 13.2 Å². The topological polar surface area (TPSA) is 66.8 Å². The fourth-order valence-corrected chi connectivity index (χ4v) is 2.41. The number of piperidine rings is 1. The van der Waals surface area contributed by atoms with Crippen LogP contribution in [-0.4, -0.2) is 53.4 Å². The fourth-order valence-electron chi connectivity index (χ4n) is 2.41. The summed E-state index contributed by atoms with van der Waals surface area (Å²) in [5.74, 6) is -1.45. The van der Waals surface area contributed by atoms with Crippen molar-refractivity contribution >= 4 is 11.9 Å². The quantitative estimate of drug-likeness (QED) is 0.816. The first-order valence-corrected chi connectivity index (χ1v) is 6.91. The standard InChI is InChI=1S/C13H20F3NO4/c1-9(21-8-13(14,15)16)12(20)17-7-3-2-4-10(17)5-6-11(18)19/h9-10H,2-8H2,1H3,(H,18,19)/t9-,10-/m0/s1. The molecule has 122 valence electrons. The van der Waals surface area contributed by atoms with Crippen LogP contribution in [0, 0.1) is 0 Å². The molecule has 1 heterocycles. The highest BCUT2D eigenvalue weighted by Crippen LogP contribution is 2.23. The van der Waals surface area contributed by atoms with Crippen molar-refractivity contribution in [2.75, 3.05) is 13.2 Å². The second-order valence-electron chi connectivity index (χ2n) is 5.18. The van der Waals surface area contributed by atoms with Crippen molar-refractivity contribution in [3.63, 3.8) is 0 Å². The number of hydrogen-bond acceptors (Lipinski definition) is 3.